The number of esters is 2. The molecule has 4 fully saturated rings. The number of ether oxygens (including phenoxy) is 6. The third kappa shape index (κ3) is 4.12. The summed E-state index contributed by atoms with van der Waals surface area (Å²) in [5.41, 5.74) is -4.36. The summed E-state index contributed by atoms with van der Waals surface area (Å²) in [6, 6.07) is 8.63. The van der Waals surface area contributed by atoms with Gasteiger partial charge in [0.25, 0.3) is 0 Å². The lowest BCUT2D eigenvalue weighted by molar-refractivity contribution is -0.258. The highest BCUT2D eigenvalue weighted by atomic mass is 32.1. The van der Waals surface area contributed by atoms with Gasteiger partial charge in [0.05, 0.1) is 22.9 Å². The molecule has 1 saturated carbocycles. The predicted molar refractivity (Wildman–Crippen MR) is 142 cm³/mol. The zero-order chi connectivity index (χ0) is 30.1. The van der Waals surface area contributed by atoms with Crippen molar-refractivity contribution in [2.45, 2.75) is 83.6 Å². The zero-order valence-corrected chi connectivity index (χ0v) is 24.1. The Morgan fingerprint density at radius 2 is 1.73 bits per heavy atom. The molecule has 1 aliphatic carbocycles. The van der Waals surface area contributed by atoms with Crippen molar-refractivity contribution in [2.75, 3.05) is 6.79 Å². The second kappa shape index (κ2) is 10.4. The number of cyclic esters (lactones) is 1. The van der Waals surface area contributed by atoms with Crippen LogP contribution in [-0.2, 0) is 33.3 Å². The molecule has 0 aromatic heterocycles. The first kappa shape index (κ1) is 30.1. The molecule has 0 radical (unpaired) electrons. The third-order valence-corrected chi connectivity index (χ3v) is 9.43. The molecular formula is C28H36O12S. The molecule has 3 saturated heterocycles. The second-order valence-electron chi connectivity index (χ2n) is 12.3. The van der Waals surface area contributed by atoms with E-state index in [0.717, 1.165) is 0 Å². The average Bonchev–Trinajstić information content (AvgIpc) is 3.53. The minimum atomic E-state index is -1.89. The molecule has 1 aromatic carbocycles. The number of carbonyl (C=O) groups excluding carboxylic acids is 2. The maximum atomic E-state index is 13.3. The van der Waals surface area contributed by atoms with Crippen LogP contribution < -0.4 is 4.74 Å². The Balaban J connectivity index is 1.69. The lowest BCUT2D eigenvalue weighted by atomic mass is 9.51. The maximum Gasteiger partial charge on any atom is 0.358 e. The standard InChI is InChI=1S/C28H36O12S/c1-12-15(30)17(38-22(12)33)19(32)28-20-16(31)18(26(3,4)5)27(28,24(35-11-29)40-21(28)23(34)39-20)13(2)36-25(41)37-14-9-7-6-8-10-14/h6-10,12-13,15-21,24,29-32H,11H2,1-5H3/t12-,13-,15+,16+,17?,18-,19-,20?,21?,24?,27?,28?/m0/s1. The highest BCUT2D eigenvalue weighted by Crippen LogP contribution is 2.75. The summed E-state index contributed by atoms with van der Waals surface area (Å²) < 4.78 is 34.8. The highest BCUT2D eigenvalue weighted by molar-refractivity contribution is 7.79. The predicted octanol–water partition coefficient (Wildman–Crippen LogP) is 0.665. The first-order valence-corrected chi connectivity index (χ1v) is 13.9. The molecule has 4 aliphatic rings. The monoisotopic (exact) mass is 596 g/mol. The van der Waals surface area contributed by atoms with Gasteiger partial charge in [-0.3, -0.25) is 4.79 Å². The van der Waals surface area contributed by atoms with E-state index in [1.165, 1.54) is 6.92 Å². The van der Waals surface area contributed by atoms with Gasteiger partial charge in [0.15, 0.2) is 18.5 Å². The van der Waals surface area contributed by atoms with E-state index < -0.39 is 95.8 Å². The smallest absolute Gasteiger partial charge is 0.358 e. The summed E-state index contributed by atoms with van der Waals surface area (Å²) >= 11 is 5.42. The van der Waals surface area contributed by atoms with Crippen molar-refractivity contribution in [3.05, 3.63) is 30.3 Å². The van der Waals surface area contributed by atoms with Crippen molar-refractivity contribution >= 4 is 29.4 Å². The molecule has 13 heteroatoms. The van der Waals surface area contributed by atoms with Gasteiger partial charge in [0.2, 0.25) is 0 Å². The van der Waals surface area contributed by atoms with Crippen LogP contribution in [0.4, 0.5) is 0 Å². The number of hydrogen-bond acceptors (Lipinski definition) is 13. The summed E-state index contributed by atoms with van der Waals surface area (Å²) in [7, 11) is 0. The van der Waals surface area contributed by atoms with Gasteiger partial charge in [-0.25, -0.2) is 4.79 Å². The van der Waals surface area contributed by atoms with E-state index in [-0.39, 0.29) is 5.24 Å². The molecule has 12 nitrogen and oxygen atoms in total. The number of aliphatic hydroxyl groups is 4. The highest BCUT2D eigenvalue weighted by Gasteiger charge is 2.90. The molecular weight excluding hydrogens is 560 g/mol. The summed E-state index contributed by atoms with van der Waals surface area (Å²) in [5, 5.41) is 44.6. The number of benzene rings is 1. The van der Waals surface area contributed by atoms with Crippen LogP contribution in [0.1, 0.15) is 34.6 Å². The summed E-state index contributed by atoms with van der Waals surface area (Å²) in [5.74, 6) is -3.09. The Morgan fingerprint density at radius 1 is 1.07 bits per heavy atom. The van der Waals surface area contributed by atoms with Crippen LogP contribution in [0.3, 0.4) is 0 Å². The van der Waals surface area contributed by atoms with Gasteiger partial charge in [-0.05, 0) is 31.4 Å². The molecule has 226 valence electrons. The number of hydrogen-bond donors (Lipinski definition) is 4. The lowest BCUT2D eigenvalue weighted by Crippen LogP contribution is -2.65. The van der Waals surface area contributed by atoms with E-state index in [1.54, 1.807) is 37.3 Å². The number of rotatable bonds is 7. The van der Waals surface area contributed by atoms with Gasteiger partial charge in [0.1, 0.15) is 37.0 Å². The Labute approximate surface area is 242 Å². The molecule has 41 heavy (non-hydrogen) atoms. The van der Waals surface area contributed by atoms with E-state index >= 15 is 0 Å². The van der Waals surface area contributed by atoms with Crippen LogP contribution in [0, 0.1) is 28.1 Å². The first-order chi connectivity index (χ1) is 19.2. The fourth-order valence-corrected chi connectivity index (χ4v) is 8.14. The van der Waals surface area contributed by atoms with Crippen molar-refractivity contribution in [3.63, 3.8) is 0 Å². The fourth-order valence-electron chi connectivity index (χ4n) is 7.89. The summed E-state index contributed by atoms with van der Waals surface area (Å²) in [6.45, 7) is 7.74. The topological polar surface area (TPSA) is 170 Å². The Kier molecular flexibility index (Phi) is 7.63. The lowest BCUT2D eigenvalue weighted by Gasteiger charge is -2.52. The van der Waals surface area contributed by atoms with Crippen LogP contribution in [0.25, 0.3) is 0 Å². The van der Waals surface area contributed by atoms with Gasteiger partial charge < -0.3 is 48.8 Å². The van der Waals surface area contributed by atoms with Crippen LogP contribution >= 0.6 is 12.2 Å². The molecule has 12 atom stereocenters. The van der Waals surface area contributed by atoms with Gasteiger partial charge >= 0.3 is 17.2 Å². The molecule has 4 N–H and O–H groups in total. The van der Waals surface area contributed by atoms with Gasteiger partial charge in [-0.15, -0.1) is 0 Å². The fraction of sp³-hybridized carbons (Fsp3) is 0.679. The zero-order valence-electron chi connectivity index (χ0n) is 23.3. The largest absolute Gasteiger partial charge is 0.457 e. The Bertz CT molecular complexity index is 1190. The van der Waals surface area contributed by atoms with Crippen molar-refractivity contribution in [1.29, 1.82) is 0 Å². The molecule has 0 bridgehead atoms. The van der Waals surface area contributed by atoms with Gasteiger partial charge in [-0.2, -0.15) is 0 Å². The quantitative estimate of drug-likeness (QED) is 0.197. The number of thiocarbonyl (C=S) groups is 1. The van der Waals surface area contributed by atoms with Gasteiger partial charge in [0, 0.05) is 18.1 Å². The maximum absolute atomic E-state index is 13.3. The van der Waals surface area contributed by atoms with Crippen molar-refractivity contribution in [1.82, 2.24) is 0 Å². The minimum Gasteiger partial charge on any atom is -0.457 e. The third-order valence-electron chi connectivity index (χ3n) is 9.25. The van der Waals surface area contributed by atoms with Crippen molar-refractivity contribution in [3.8, 4) is 5.75 Å². The summed E-state index contributed by atoms with van der Waals surface area (Å²) in [6.07, 6.45) is -11.6. The van der Waals surface area contributed by atoms with Crippen molar-refractivity contribution in [2.24, 2.45) is 28.1 Å². The van der Waals surface area contributed by atoms with E-state index in [4.69, 9.17) is 40.6 Å². The Hall–Kier alpha value is -2.39. The van der Waals surface area contributed by atoms with Crippen molar-refractivity contribution < 1.29 is 58.4 Å². The number of aliphatic hydroxyl groups excluding tert-OH is 4. The molecule has 0 spiro atoms. The molecule has 5 rings (SSSR count). The van der Waals surface area contributed by atoms with Gasteiger partial charge in [-0.1, -0.05) is 39.0 Å². The van der Waals surface area contributed by atoms with E-state index in [9.17, 15) is 30.0 Å². The minimum absolute atomic E-state index is 0.300. The van der Waals surface area contributed by atoms with Crippen LogP contribution in [0.5, 0.6) is 5.75 Å². The van der Waals surface area contributed by atoms with E-state index in [0.29, 0.717) is 5.75 Å². The van der Waals surface area contributed by atoms with E-state index in [1.807, 2.05) is 20.8 Å². The average molecular weight is 597 g/mol. The first-order valence-electron chi connectivity index (χ1n) is 13.5. The van der Waals surface area contributed by atoms with Crippen LogP contribution in [0.2, 0.25) is 0 Å². The normalized spacial score (nSPS) is 41.0. The Morgan fingerprint density at radius 3 is 2.29 bits per heavy atom. The van der Waals surface area contributed by atoms with Crippen LogP contribution in [0.15, 0.2) is 30.3 Å². The SMILES string of the molecule is C[C@@H]1C(=O)OC([C@H](O)C23C4OC(OCO)C2([C@H](C)OC(=S)Oc2ccccc2)[C@H](C(C)(C)C)[C@@H](O)C3OC4=O)[C@@H]1O. The number of carbonyl (C=O) groups is 2. The molecule has 0 amide bonds. The molecule has 3 heterocycles. The number of para-hydroxylation sites is 1. The molecule has 1 aromatic rings. The van der Waals surface area contributed by atoms with E-state index in [2.05, 4.69) is 0 Å². The molecule has 3 aliphatic heterocycles. The molecule has 6 unspecified atom stereocenters. The summed E-state index contributed by atoms with van der Waals surface area (Å²) in [4.78, 5) is 25.8. The van der Waals surface area contributed by atoms with Crippen LogP contribution in [-0.4, -0.2) is 93.4 Å². The second-order valence-corrected chi connectivity index (χ2v) is 12.6.